The molecule has 0 aliphatic heterocycles. The quantitative estimate of drug-likeness (QED) is 0.537. The third kappa shape index (κ3) is 2.85. The van der Waals surface area contributed by atoms with Gasteiger partial charge in [-0.1, -0.05) is 0 Å². The predicted molar refractivity (Wildman–Crippen MR) is 54.6 cm³/mol. The highest BCUT2D eigenvalue weighted by Crippen LogP contribution is 2.08. The lowest BCUT2D eigenvalue weighted by Crippen LogP contribution is -2.09. The molecule has 74 valence electrons. The van der Waals surface area contributed by atoms with E-state index >= 15 is 0 Å². The molecule has 0 radical (unpaired) electrons. The van der Waals surface area contributed by atoms with Gasteiger partial charge in [0.25, 0.3) is 0 Å². The zero-order chi connectivity index (χ0) is 10.6. The molecule has 5 heteroatoms. The van der Waals surface area contributed by atoms with E-state index in [0.29, 0.717) is 5.56 Å². The lowest BCUT2D eigenvalue weighted by Gasteiger charge is -2.09. The van der Waals surface area contributed by atoms with Gasteiger partial charge in [0.05, 0.1) is 4.92 Å². The van der Waals surface area contributed by atoms with E-state index < -0.39 is 4.92 Å². The SMILES string of the molecule is CN(C)c1ccc(/C=C/[N+](=O)[O-])cn1. The zero-order valence-corrected chi connectivity index (χ0v) is 8.04. The molecular formula is C9H11N3O2. The lowest BCUT2D eigenvalue weighted by molar-refractivity contribution is -0.400. The topological polar surface area (TPSA) is 59.3 Å². The first-order valence-electron chi connectivity index (χ1n) is 4.04. The van der Waals surface area contributed by atoms with E-state index in [1.165, 1.54) is 6.08 Å². The number of hydrogen-bond acceptors (Lipinski definition) is 4. The monoisotopic (exact) mass is 193 g/mol. The van der Waals surface area contributed by atoms with Gasteiger partial charge in [-0.15, -0.1) is 0 Å². The summed E-state index contributed by atoms with van der Waals surface area (Å²) >= 11 is 0. The van der Waals surface area contributed by atoms with Gasteiger partial charge < -0.3 is 4.90 Å². The van der Waals surface area contributed by atoms with Crippen LogP contribution in [0.25, 0.3) is 6.08 Å². The van der Waals surface area contributed by atoms with Crippen LogP contribution in [-0.2, 0) is 0 Å². The number of pyridine rings is 1. The molecule has 5 nitrogen and oxygen atoms in total. The van der Waals surface area contributed by atoms with E-state index in [-0.39, 0.29) is 0 Å². The number of nitro groups is 1. The summed E-state index contributed by atoms with van der Waals surface area (Å²) in [4.78, 5) is 15.5. The molecular weight excluding hydrogens is 182 g/mol. The summed E-state index contributed by atoms with van der Waals surface area (Å²) < 4.78 is 0. The van der Waals surface area contributed by atoms with Crippen LogP contribution in [0.3, 0.4) is 0 Å². The number of rotatable bonds is 3. The molecule has 0 aliphatic carbocycles. The van der Waals surface area contributed by atoms with Crippen molar-refractivity contribution in [1.82, 2.24) is 4.98 Å². The molecule has 14 heavy (non-hydrogen) atoms. The van der Waals surface area contributed by atoms with E-state index in [1.54, 1.807) is 18.3 Å². The van der Waals surface area contributed by atoms with Crippen molar-refractivity contribution in [3.8, 4) is 0 Å². The fourth-order valence-electron chi connectivity index (χ4n) is 0.908. The Hall–Kier alpha value is -1.91. The van der Waals surface area contributed by atoms with Crippen LogP contribution >= 0.6 is 0 Å². The average molecular weight is 193 g/mol. The number of nitrogens with zero attached hydrogens (tertiary/aromatic N) is 3. The molecule has 0 aromatic carbocycles. The minimum Gasteiger partial charge on any atom is -0.363 e. The highest BCUT2D eigenvalue weighted by Gasteiger charge is 1.95. The van der Waals surface area contributed by atoms with Crippen LogP contribution in [0.1, 0.15) is 5.56 Å². The van der Waals surface area contributed by atoms with Crippen LogP contribution in [0, 0.1) is 10.1 Å². The molecule has 1 heterocycles. The summed E-state index contributed by atoms with van der Waals surface area (Å²) in [5.74, 6) is 0.822. The van der Waals surface area contributed by atoms with Crippen molar-refractivity contribution in [3.63, 3.8) is 0 Å². The van der Waals surface area contributed by atoms with Crippen molar-refractivity contribution in [2.24, 2.45) is 0 Å². The maximum absolute atomic E-state index is 10.0. The highest BCUT2D eigenvalue weighted by atomic mass is 16.6. The number of anilines is 1. The molecule has 0 aliphatic rings. The fraction of sp³-hybridized carbons (Fsp3) is 0.222. The van der Waals surface area contributed by atoms with Crippen LogP contribution in [0.5, 0.6) is 0 Å². The third-order valence-electron chi connectivity index (χ3n) is 1.62. The molecule has 0 unspecified atom stereocenters. The molecule has 0 N–H and O–H groups in total. The summed E-state index contributed by atoms with van der Waals surface area (Å²) in [7, 11) is 3.77. The Balaban J connectivity index is 2.78. The van der Waals surface area contributed by atoms with Gasteiger partial charge in [-0.25, -0.2) is 4.98 Å². The van der Waals surface area contributed by atoms with E-state index in [1.807, 2.05) is 19.0 Å². The fourth-order valence-corrected chi connectivity index (χ4v) is 0.908. The molecule has 0 spiro atoms. The molecule has 0 atom stereocenters. The second-order valence-corrected chi connectivity index (χ2v) is 2.95. The van der Waals surface area contributed by atoms with E-state index in [0.717, 1.165) is 12.0 Å². The first-order valence-corrected chi connectivity index (χ1v) is 4.04. The Kier molecular flexibility index (Phi) is 3.17. The van der Waals surface area contributed by atoms with Crippen LogP contribution in [-0.4, -0.2) is 24.0 Å². The van der Waals surface area contributed by atoms with Crippen LogP contribution in [0.15, 0.2) is 24.5 Å². The van der Waals surface area contributed by atoms with Crippen molar-refractivity contribution in [2.45, 2.75) is 0 Å². The summed E-state index contributed by atoms with van der Waals surface area (Å²) in [5, 5.41) is 10.0. The second kappa shape index (κ2) is 4.36. The standard InChI is InChI=1S/C9H11N3O2/c1-11(2)9-4-3-8(7-10-9)5-6-12(13)14/h3-7H,1-2H3/b6-5+. The molecule has 0 amide bonds. The van der Waals surface area contributed by atoms with Gasteiger partial charge in [-0.05, 0) is 17.7 Å². The second-order valence-electron chi connectivity index (χ2n) is 2.95. The molecule has 1 aromatic rings. The summed E-state index contributed by atoms with van der Waals surface area (Å²) in [5.41, 5.74) is 0.715. The molecule has 0 bridgehead atoms. The molecule has 0 saturated carbocycles. The van der Waals surface area contributed by atoms with Gasteiger partial charge in [-0.2, -0.15) is 0 Å². The Labute approximate surface area is 81.8 Å². The molecule has 0 fully saturated rings. The lowest BCUT2D eigenvalue weighted by atomic mass is 10.3. The Morgan fingerprint density at radius 2 is 2.21 bits per heavy atom. The van der Waals surface area contributed by atoms with E-state index in [4.69, 9.17) is 0 Å². The summed E-state index contributed by atoms with van der Waals surface area (Å²) in [6.07, 6.45) is 3.90. The molecule has 1 aromatic heterocycles. The van der Waals surface area contributed by atoms with Gasteiger partial charge in [-0.3, -0.25) is 10.1 Å². The minimum atomic E-state index is -0.500. The molecule has 1 rings (SSSR count). The minimum absolute atomic E-state index is 0.500. The maximum Gasteiger partial charge on any atom is 0.235 e. The largest absolute Gasteiger partial charge is 0.363 e. The normalized spacial score (nSPS) is 10.4. The Morgan fingerprint density at radius 3 is 2.64 bits per heavy atom. The molecule has 0 saturated heterocycles. The summed E-state index contributed by atoms with van der Waals surface area (Å²) in [6, 6.07) is 3.59. The van der Waals surface area contributed by atoms with Gasteiger partial charge >= 0.3 is 0 Å². The van der Waals surface area contributed by atoms with Crippen molar-refractivity contribution >= 4 is 11.9 Å². The predicted octanol–water partition coefficient (Wildman–Crippen LogP) is 1.39. The zero-order valence-electron chi connectivity index (χ0n) is 8.04. The van der Waals surface area contributed by atoms with Crippen molar-refractivity contribution in [2.75, 3.05) is 19.0 Å². The van der Waals surface area contributed by atoms with E-state index in [9.17, 15) is 10.1 Å². The van der Waals surface area contributed by atoms with Crippen molar-refractivity contribution < 1.29 is 4.92 Å². The van der Waals surface area contributed by atoms with Crippen molar-refractivity contribution in [3.05, 3.63) is 40.2 Å². The van der Waals surface area contributed by atoms with Crippen LogP contribution in [0.4, 0.5) is 5.82 Å². The first-order chi connectivity index (χ1) is 6.59. The first kappa shape index (κ1) is 10.2. The van der Waals surface area contributed by atoms with Gasteiger partial charge in [0.2, 0.25) is 6.20 Å². The van der Waals surface area contributed by atoms with Gasteiger partial charge in [0.1, 0.15) is 5.82 Å². The van der Waals surface area contributed by atoms with Crippen molar-refractivity contribution in [1.29, 1.82) is 0 Å². The van der Waals surface area contributed by atoms with Crippen LogP contribution in [0.2, 0.25) is 0 Å². The highest BCUT2D eigenvalue weighted by molar-refractivity contribution is 5.49. The maximum atomic E-state index is 10.0. The Morgan fingerprint density at radius 1 is 1.50 bits per heavy atom. The number of hydrogen-bond donors (Lipinski definition) is 0. The third-order valence-corrected chi connectivity index (χ3v) is 1.62. The van der Waals surface area contributed by atoms with Crippen LogP contribution < -0.4 is 4.90 Å². The number of aromatic nitrogens is 1. The Bertz CT molecular complexity index is 344. The smallest absolute Gasteiger partial charge is 0.235 e. The average Bonchev–Trinajstić information content (AvgIpc) is 2.15. The van der Waals surface area contributed by atoms with Gasteiger partial charge in [0, 0.05) is 26.4 Å². The van der Waals surface area contributed by atoms with Gasteiger partial charge in [0.15, 0.2) is 0 Å². The van der Waals surface area contributed by atoms with E-state index in [2.05, 4.69) is 4.98 Å². The summed E-state index contributed by atoms with van der Waals surface area (Å²) in [6.45, 7) is 0.